The number of anilines is 1. The van der Waals surface area contributed by atoms with Gasteiger partial charge in [0.05, 0.1) is 18.9 Å². The van der Waals surface area contributed by atoms with Crippen molar-refractivity contribution in [2.45, 2.75) is 25.5 Å². The molecular formula is C13H20N2O4. The molecule has 6 heteroatoms. The zero-order valence-corrected chi connectivity index (χ0v) is 11.1. The lowest BCUT2D eigenvalue weighted by molar-refractivity contribution is -0.142. The first-order chi connectivity index (χ1) is 8.95. The number of methoxy groups -OCH3 is 1. The van der Waals surface area contributed by atoms with Gasteiger partial charge in [0, 0.05) is 6.54 Å². The van der Waals surface area contributed by atoms with Gasteiger partial charge in [0.15, 0.2) is 0 Å². The average molecular weight is 268 g/mol. The van der Waals surface area contributed by atoms with Crippen LogP contribution in [0.3, 0.4) is 0 Å². The Hall–Kier alpha value is -1.79. The number of nitrogen functional groups attached to an aromatic ring is 1. The smallest absolute Gasteiger partial charge is 0.323 e. The molecule has 0 aliphatic heterocycles. The van der Waals surface area contributed by atoms with Gasteiger partial charge in [0.2, 0.25) is 0 Å². The van der Waals surface area contributed by atoms with Crippen molar-refractivity contribution in [2.24, 2.45) is 0 Å². The molecule has 1 rings (SSSR count). The molecule has 0 saturated carbocycles. The van der Waals surface area contributed by atoms with E-state index in [4.69, 9.17) is 15.6 Å². The molecule has 0 bridgehead atoms. The molecule has 2 unspecified atom stereocenters. The third-order valence-electron chi connectivity index (χ3n) is 2.82. The summed E-state index contributed by atoms with van der Waals surface area (Å²) in [6.07, 6.45) is -0.330. The lowest BCUT2D eigenvalue weighted by atomic mass is 10.1. The largest absolute Gasteiger partial charge is 0.495 e. The zero-order valence-electron chi connectivity index (χ0n) is 11.1. The van der Waals surface area contributed by atoms with Gasteiger partial charge in [-0.15, -0.1) is 0 Å². The first-order valence-electron chi connectivity index (χ1n) is 6.02. The number of nitrogens with one attached hydrogen (secondary N) is 1. The number of aliphatic hydroxyl groups is 1. The monoisotopic (exact) mass is 268 g/mol. The Balaban J connectivity index is 2.53. The van der Waals surface area contributed by atoms with E-state index < -0.39 is 18.1 Å². The summed E-state index contributed by atoms with van der Waals surface area (Å²) in [5.74, 6) is -0.451. The molecule has 0 amide bonds. The third-order valence-corrected chi connectivity index (χ3v) is 2.82. The van der Waals surface area contributed by atoms with Crippen molar-refractivity contribution >= 4 is 11.7 Å². The Bertz CT molecular complexity index is 435. The van der Waals surface area contributed by atoms with Gasteiger partial charge in [-0.1, -0.05) is 6.07 Å². The minimum absolute atomic E-state index is 0.438. The van der Waals surface area contributed by atoms with Crippen molar-refractivity contribution in [1.29, 1.82) is 0 Å². The lowest BCUT2D eigenvalue weighted by Crippen LogP contribution is -2.45. The molecule has 1 aromatic carbocycles. The third kappa shape index (κ3) is 4.42. The molecule has 0 aromatic heterocycles. The lowest BCUT2D eigenvalue weighted by Gasteiger charge is -2.17. The number of carboxylic acids is 1. The van der Waals surface area contributed by atoms with E-state index >= 15 is 0 Å². The van der Waals surface area contributed by atoms with Crippen LogP contribution in [0.5, 0.6) is 5.75 Å². The van der Waals surface area contributed by atoms with E-state index in [-0.39, 0.29) is 0 Å². The van der Waals surface area contributed by atoms with E-state index in [0.29, 0.717) is 24.4 Å². The Labute approximate surface area is 112 Å². The zero-order chi connectivity index (χ0) is 14.4. The second-order valence-corrected chi connectivity index (χ2v) is 4.34. The molecular weight excluding hydrogens is 248 g/mol. The molecule has 19 heavy (non-hydrogen) atoms. The molecule has 0 heterocycles. The second-order valence-electron chi connectivity index (χ2n) is 4.34. The van der Waals surface area contributed by atoms with E-state index in [2.05, 4.69) is 5.32 Å². The standard InChI is InChI=1S/C13H20N2O4/c1-8(16)12(13(17)18)15-6-5-9-3-4-11(19-2)10(14)7-9/h3-4,7-8,12,15-16H,5-6,14H2,1-2H3,(H,17,18). The number of carbonyl (C=O) groups is 1. The molecule has 0 aliphatic carbocycles. The minimum Gasteiger partial charge on any atom is -0.495 e. The number of ether oxygens (including phenoxy) is 1. The van der Waals surface area contributed by atoms with Gasteiger partial charge in [-0.3, -0.25) is 4.79 Å². The van der Waals surface area contributed by atoms with Crippen molar-refractivity contribution in [3.8, 4) is 5.75 Å². The van der Waals surface area contributed by atoms with E-state index in [9.17, 15) is 9.90 Å². The van der Waals surface area contributed by atoms with E-state index in [1.54, 1.807) is 19.2 Å². The summed E-state index contributed by atoms with van der Waals surface area (Å²) < 4.78 is 5.05. The van der Waals surface area contributed by atoms with Crippen LogP contribution in [0.1, 0.15) is 12.5 Å². The maximum absolute atomic E-state index is 10.9. The first-order valence-corrected chi connectivity index (χ1v) is 6.02. The molecule has 1 aromatic rings. The van der Waals surface area contributed by atoms with Gasteiger partial charge >= 0.3 is 5.97 Å². The molecule has 6 nitrogen and oxygen atoms in total. The summed E-state index contributed by atoms with van der Waals surface area (Å²) in [5.41, 5.74) is 7.30. The van der Waals surface area contributed by atoms with Gasteiger partial charge in [-0.25, -0.2) is 0 Å². The highest BCUT2D eigenvalue weighted by Crippen LogP contribution is 2.21. The van der Waals surface area contributed by atoms with Crippen LogP contribution in [-0.2, 0) is 11.2 Å². The number of rotatable bonds is 7. The Morgan fingerprint density at radius 3 is 2.68 bits per heavy atom. The normalized spacial score (nSPS) is 13.8. The van der Waals surface area contributed by atoms with Crippen LogP contribution in [0.2, 0.25) is 0 Å². The molecule has 0 spiro atoms. The quantitative estimate of drug-likeness (QED) is 0.528. The number of nitrogens with two attached hydrogens (primary N) is 1. The van der Waals surface area contributed by atoms with Crippen LogP contribution < -0.4 is 15.8 Å². The SMILES string of the molecule is COc1ccc(CCNC(C(=O)O)C(C)O)cc1N. The van der Waals surface area contributed by atoms with Crippen LogP contribution >= 0.6 is 0 Å². The van der Waals surface area contributed by atoms with Crippen LogP contribution in [-0.4, -0.2) is 42.0 Å². The maximum Gasteiger partial charge on any atom is 0.323 e. The van der Waals surface area contributed by atoms with Crippen LogP contribution in [0.4, 0.5) is 5.69 Å². The van der Waals surface area contributed by atoms with Crippen molar-refractivity contribution < 1.29 is 19.7 Å². The predicted molar refractivity (Wildman–Crippen MR) is 72.2 cm³/mol. The van der Waals surface area contributed by atoms with E-state index in [1.807, 2.05) is 6.07 Å². The van der Waals surface area contributed by atoms with Gasteiger partial charge in [0.1, 0.15) is 11.8 Å². The van der Waals surface area contributed by atoms with Crippen molar-refractivity contribution in [3.63, 3.8) is 0 Å². The van der Waals surface area contributed by atoms with E-state index in [0.717, 1.165) is 5.56 Å². The summed E-state index contributed by atoms with van der Waals surface area (Å²) in [7, 11) is 1.55. The van der Waals surface area contributed by atoms with Crippen molar-refractivity contribution in [1.82, 2.24) is 5.32 Å². The highest BCUT2D eigenvalue weighted by Gasteiger charge is 2.21. The number of hydrogen-bond donors (Lipinski definition) is 4. The summed E-state index contributed by atoms with van der Waals surface area (Å²) in [4.78, 5) is 10.9. The Morgan fingerprint density at radius 1 is 1.53 bits per heavy atom. The Kier molecular flexibility index (Phi) is 5.59. The topological polar surface area (TPSA) is 105 Å². The van der Waals surface area contributed by atoms with Crippen LogP contribution in [0.15, 0.2) is 18.2 Å². The van der Waals surface area contributed by atoms with E-state index in [1.165, 1.54) is 6.92 Å². The number of aliphatic carboxylic acids is 1. The fourth-order valence-corrected chi connectivity index (χ4v) is 1.78. The minimum atomic E-state index is -1.07. The molecule has 106 valence electrons. The molecule has 0 fully saturated rings. The van der Waals surface area contributed by atoms with Gasteiger partial charge < -0.3 is 26.0 Å². The van der Waals surface area contributed by atoms with Gasteiger partial charge in [-0.05, 0) is 31.0 Å². The number of hydrogen-bond acceptors (Lipinski definition) is 5. The van der Waals surface area contributed by atoms with Crippen molar-refractivity contribution in [3.05, 3.63) is 23.8 Å². The summed E-state index contributed by atoms with van der Waals surface area (Å²) in [5, 5.41) is 21.0. The Morgan fingerprint density at radius 2 is 2.21 bits per heavy atom. The fourth-order valence-electron chi connectivity index (χ4n) is 1.78. The summed E-state index contributed by atoms with van der Waals surface area (Å²) >= 11 is 0. The van der Waals surface area contributed by atoms with Crippen LogP contribution in [0.25, 0.3) is 0 Å². The molecule has 0 saturated heterocycles. The number of aliphatic hydroxyl groups excluding tert-OH is 1. The predicted octanol–water partition coefficient (Wildman–Crippen LogP) is 0.244. The highest BCUT2D eigenvalue weighted by atomic mass is 16.5. The highest BCUT2D eigenvalue weighted by molar-refractivity contribution is 5.74. The number of benzene rings is 1. The summed E-state index contributed by atoms with van der Waals surface area (Å²) in [6, 6.07) is 4.47. The van der Waals surface area contributed by atoms with Gasteiger partial charge in [0.25, 0.3) is 0 Å². The molecule has 0 radical (unpaired) electrons. The number of carboxylic acid groups (broad SMARTS) is 1. The first kappa shape index (κ1) is 15.3. The molecule has 2 atom stereocenters. The van der Waals surface area contributed by atoms with Crippen molar-refractivity contribution in [2.75, 3.05) is 19.4 Å². The van der Waals surface area contributed by atoms with Gasteiger partial charge in [-0.2, -0.15) is 0 Å². The van der Waals surface area contributed by atoms with Crippen LogP contribution in [0, 0.1) is 0 Å². The fraction of sp³-hybridized carbons (Fsp3) is 0.462. The molecule has 5 N–H and O–H groups in total. The molecule has 0 aliphatic rings. The maximum atomic E-state index is 10.9. The summed E-state index contributed by atoms with van der Waals surface area (Å²) in [6.45, 7) is 1.88. The average Bonchev–Trinajstić information content (AvgIpc) is 2.33. The second kappa shape index (κ2) is 6.96.